The summed E-state index contributed by atoms with van der Waals surface area (Å²) in [6, 6.07) is 11.4. The molecule has 0 radical (unpaired) electrons. The van der Waals surface area contributed by atoms with Gasteiger partial charge in [-0.15, -0.1) is 0 Å². The van der Waals surface area contributed by atoms with Crippen LogP contribution in [-0.2, 0) is 24.6 Å². The van der Waals surface area contributed by atoms with Gasteiger partial charge in [0.05, 0.1) is 23.3 Å². The number of amidine groups is 1. The molecule has 0 amide bonds. The van der Waals surface area contributed by atoms with Gasteiger partial charge in [0, 0.05) is 18.5 Å². The number of nitrogens with zero attached hydrogens (tertiary/aromatic N) is 3. The highest BCUT2D eigenvalue weighted by molar-refractivity contribution is 5.97. The van der Waals surface area contributed by atoms with Crippen LogP contribution in [0.3, 0.4) is 0 Å². The lowest BCUT2D eigenvalue weighted by molar-refractivity contribution is -0.137. The molecule has 0 saturated carbocycles. The fourth-order valence-corrected chi connectivity index (χ4v) is 3.84. The van der Waals surface area contributed by atoms with Gasteiger partial charge in [-0.3, -0.25) is 0 Å². The van der Waals surface area contributed by atoms with Crippen molar-refractivity contribution < 1.29 is 17.6 Å². The van der Waals surface area contributed by atoms with Gasteiger partial charge in [-0.2, -0.15) is 18.3 Å². The highest BCUT2D eigenvalue weighted by atomic mass is 19.4. The molecule has 1 aliphatic rings. The molecule has 0 bridgehead atoms. The molecule has 0 spiro atoms. The summed E-state index contributed by atoms with van der Waals surface area (Å²) in [5.41, 5.74) is 1.08. The topological polar surface area (TPSA) is 54.2 Å². The molecule has 0 saturated heterocycles. The first kappa shape index (κ1) is 24.5. The van der Waals surface area contributed by atoms with Crippen molar-refractivity contribution in [1.29, 1.82) is 0 Å². The number of aryl methyl sites for hydroxylation is 2. The molecule has 5 nitrogen and oxygen atoms in total. The predicted molar refractivity (Wildman–Crippen MR) is 130 cm³/mol. The van der Waals surface area contributed by atoms with Crippen LogP contribution in [0.4, 0.5) is 23.4 Å². The van der Waals surface area contributed by atoms with Crippen LogP contribution < -0.4 is 10.6 Å². The first-order valence-corrected chi connectivity index (χ1v) is 11.3. The molecule has 2 N–H and O–H groups in total. The molecular formula is C26H27F4N5. The Morgan fingerprint density at radius 3 is 2.46 bits per heavy atom. The van der Waals surface area contributed by atoms with E-state index in [2.05, 4.69) is 15.6 Å². The number of rotatable bonds is 5. The fraction of sp³-hybridized carbons (Fsp3) is 0.308. The van der Waals surface area contributed by atoms with E-state index >= 15 is 0 Å². The van der Waals surface area contributed by atoms with E-state index in [1.54, 1.807) is 24.5 Å². The van der Waals surface area contributed by atoms with E-state index in [9.17, 15) is 17.6 Å². The second-order valence-corrected chi connectivity index (χ2v) is 9.39. The summed E-state index contributed by atoms with van der Waals surface area (Å²) < 4.78 is 55.8. The molecule has 3 aromatic rings. The second kappa shape index (κ2) is 9.56. The second-order valence-electron chi connectivity index (χ2n) is 9.39. The van der Waals surface area contributed by atoms with Gasteiger partial charge in [0.15, 0.2) is 0 Å². The highest BCUT2D eigenvalue weighted by Crippen LogP contribution is 2.33. The summed E-state index contributed by atoms with van der Waals surface area (Å²) in [7, 11) is 0. The zero-order valence-corrected chi connectivity index (χ0v) is 19.7. The van der Waals surface area contributed by atoms with Gasteiger partial charge in [-0.1, -0.05) is 18.2 Å². The fourth-order valence-electron chi connectivity index (χ4n) is 3.84. The maximum Gasteiger partial charge on any atom is 0.416 e. The van der Waals surface area contributed by atoms with E-state index in [1.807, 2.05) is 31.5 Å². The van der Waals surface area contributed by atoms with Crippen LogP contribution in [0.1, 0.15) is 37.6 Å². The third kappa shape index (κ3) is 5.90. The number of hydrogen-bond acceptors (Lipinski definition) is 4. The number of aromatic nitrogens is 2. The van der Waals surface area contributed by atoms with Crippen molar-refractivity contribution in [3.63, 3.8) is 0 Å². The first-order chi connectivity index (χ1) is 16.5. The van der Waals surface area contributed by atoms with Crippen molar-refractivity contribution in [1.82, 2.24) is 15.1 Å². The number of halogens is 4. The van der Waals surface area contributed by atoms with Gasteiger partial charge >= 0.3 is 6.18 Å². The Balaban J connectivity index is 1.56. The number of benzene rings is 2. The number of alkyl halides is 3. The SMILES string of the molecule is CC(C)(C)n1nc(CCc2cc(-c3cccc(C(F)(F)F)c3)ccc2F)cc1NC1=NC=CNC1. The Morgan fingerprint density at radius 2 is 1.77 bits per heavy atom. The minimum Gasteiger partial charge on any atom is -0.382 e. The Bertz CT molecular complexity index is 1270. The molecule has 0 aliphatic carbocycles. The predicted octanol–water partition coefficient (Wildman–Crippen LogP) is 6.13. The summed E-state index contributed by atoms with van der Waals surface area (Å²) in [5.74, 6) is 1.13. The lowest BCUT2D eigenvalue weighted by Crippen LogP contribution is -2.31. The standard InChI is InChI=1S/C26H27F4N5/c1-25(2,3)35-24(33-23-16-31-11-12-32-23)15-21(34-35)9-7-19-13-18(8-10-22(19)27)17-5-4-6-20(14-17)26(28,29)30/h4-6,8,10-15,31H,7,9,16H2,1-3H3,(H,32,33). The van der Waals surface area contributed by atoms with Gasteiger partial charge in [0.2, 0.25) is 0 Å². The summed E-state index contributed by atoms with van der Waals surface area (Å²) in [6.45, 7) is 6.67. The number of anilines is 1. The summed E-state index contributed by atoms with van der Waals surface area (Å²) in [4.78, 5) is 4.32. The normalized spacial score (nSPS) is 14.0. The van der Waals surface area contributed by atoms with Crippen LogP contribution in [0.15, 0.2) is 65.9 Å². The quantitative estimate of drug-likeness (QED) is 0.428. The summed E-state index contributed by atoms with van der Waals surface area (Å²) >= 11 is 0. The minimum absolute atomic E-state index is 0.298. The van der Waals surface area contributed by atoms with E-state index in [1.165, 1.54) is 18.2 Å². The zero-order valence-electron chi connectivity index (χ0n) is 19.7. The van der Waals surface area contributed by atoms with Crippen molar-refractivity contribution in [2.24, 2.45) is 4.99 Å². The van der Waals surface area contributed by atoms with Crippen LogP contribution in [0.5, 0.6) is 0 Å². The molecule has 2 aromatic carbocycles. The lowest BCUT2D eigenvalue weighted by atomic mass is 9.98. The minimum atomic E-state index is -4.44. The maximum atomic E-state index is 14.6. The molecule has 9 heteroatoms. The molecule has 4 rings (SSSR count). The zero-order chi connectivity index (χ0) is 25.2. The van der Waals surface area contributed by atoms with Crippen molar-refractivity contribution >= 4 is 11.7 Å². The Kier molecular flexibility index (Phi) is 6.69. The van der Waals surface area contributed by atoms with Crippen molar-refractivity contribution in [3.05, 3.63) is 83.6 Å². The number of hydrogen-bond donors (Lipinski definition) is 2. The molecule has 0 unspecified atom stereocenters. The lowest BCUT2D eigenvalue weighted by Gasteiger charge is -2.23. The van der Waals surface area contributed by atoms with Gasteiger partial charge in [0.1, 0.15) is 17.5 Å². The van der Waals surface area contributed by atoms with Crippen molar-refractivity contribution in [3.8, 4) is 11.1 Å². The molecule has 0 atom stereocenters. The highest BCUT2D eigenvalue weighted by Gasteiger charge is 2.30. The average Bonchev–Trinajstić information content (AvgIpc) is 3.22. The molecular weight excluding hydrogens is 458 g/mol. The molecule has 184 valence electrons. The van der Waals surface area contributed by atoms with E-state index in [0.29, 0.717) is 36.1 Å². The smallest absolute Gasteiger partial charge is 0.382 e. The third-order valence-corrected chi connectivity index (χ3v) is 5.58. The number of aliphatic imine (C=N–C) groups is 1. The number of nitrogens with one attached hydrogen (secondary N) is 2. The molecule has 35 heavy (non-hydrogen) atoms. The third-order valence-electron chi connectivity index (χ3n) is 5.58. The maximum absolute atomic E-state index is 14.6. The molecule has 2 heterocycles. The van der Waals surface area contributed by atoms with Gasteiger partial charge in [-0.05, 0) is 74.6 Å². The van der Waals surface area contributed by atoms with E-state index in [-0.39, 0.29) is 5.54 Å². The van der Waals surface area contributed by atoms with Crippen LogP contribution >= 0.6 is 0 Å². The van der Waals surface area contributed by atoms with Crippen LogP contribution in [0.25, 0.3) is 11.1 Å². The van der Waals surface area contributed by atoms with Gasteiger partial charge < -0.3 is 10.6 Å². The van der Waals surface area contributed by atoms with Crippen molar-refractivity contribution in [2.75, 3.05) is 11.9 Å². The van der Waals surface area contributed by atoms with Crippen LogP contribution in [0.2, 0.25) is 0 Å². The Morgan fingerprint density at radius 1 is 1.00 bits per heavy atom. The molecule has 1 aromatic heterocycles. The largest absolute Gasteiger partial charge is 0.416 e. The van der Waals surface area contributed by atoms with Gasteiger partial charge in [0.25, 0.3) is 0 Å². The van der Waals surface area contributed by atoms with E-state index in [0.717, 1.165) is 29.5 Å². The summed E-state index contributed by atoms with van der Waals surface area (Å²) in [5, 5.41) is 11.1. The monoisotopic (exact) mass is 485 g/mol. The Hall–Kier alpha value is -3.62. The summed E-state index contributed by atoms with van der Waals surface area (Å²) in [6.07, 6.45) is -0.188. The molecule has 0 fully saturated rings. The molecule has 1 aliphatic heterocycles. The Labute approximate surface area is 201 Å². The van der Waals surface area contributed by atoms with Gasteiger partial charge in [-0.25, -0.2) is 14.1 Å². The van der Waals surface area contributed by atoms with Crippen LogP contribution in [0, 0.1) is 5.82 Å². The van der Waals surface area contributed by atoms with E-state index < -0.39 is 17.6 Å². The van der Waals surface area contributed by atoms with E-state index in [4.69, 9.17) is 5.10 Å². The first-order valence-electron chi connectivity index (χ1n) is 11.3. The average molecular weight is 486 g/mol. The van der Waals surface area contributed by atoms with Crippen LogP contribution in [-0.4, -0.2) is 22.2 Å². The van der Waals surface area contributed by atoms with Crippen molar-refractivity contribution in [2.45, 2.75) is 45.3 Å².